The van der Waals surface area contributed by atoms with Crippen molar-refractivity contribution in [3.63, 3.8) is 0 Å². The first kappa shape index (κ1) is 16.1. The van der Waals surface area contributed by atoms with E-state index in [9.17, 15) is 4.79 Å². The van der Waals surface area contributed by atoms with E-state index < -0.39 is 0 Å². The molecule has 1 amide bonds. The standard InChI is InChI=1S/C19H21N3O2/c1-4-13(2)20-19(23)17-18(14-8-10-15(24-3)11-9-14)22-12-6-5-7-16(22)21-17/h5-13H,4H2,1-3H3,(H,20,23)/t13-/m0/s1. The van der Waals surface area contributed by atoms with Gasteiger partial charge in [-0.15, -0.1) is 0 Å². The quantitative estimate of drug-likeness (QED) is 0.781. The highest BCUT2D eigenvalue weighted by Gasteiger charge is 2.21. The topological polar surface area (TPSA) is 55.6 Å². The summed E-state index contributed by atoms with van der Waals surface area (Å²) in [6.45, 7) is 4.03. The fourth-order valence-corrected chi connectivity index (χ4v) is 2.57. The molecule has 1 atom stereocenters. The van der Waals surface area contributed by atoms with Gasteiger partial charge in [0.2, 0.25) is 0 Å². The number of rotatable bonds is 5. The zero-order chi connectivity index (χ0) is 17.1. The molecule has 0 saturated heterocycles. The first-order valence-corrected chi connectivity index (χ1v) is 8.06. The molecule has 0 bridgehead atoms. The summed E-state index contributed by atoms with van der Waals surface area (Å²) in [5.41, 5.74) is 2.89. The number of nitrogens with zero attached hydrogens (tertiary/aromatic N) is 2. The second-order valence-electron chi connectivity index (χ2n) is 5.75. The molecule has 1 aromatic carbocycles. The van der Waals surface area contributed by atoms with Gasteiger partial charge in [0, 0.05) is 17.8 Å². The SMILES string of the molecule is CC[C@H](C)NC(=O)c1nc2ccccn2c1-c1ccc(OC)cc1. The second-order valence-corrected chi connectivity index (χ2v) is 5.75. The largest absolute Gasteiger partial charge is 0.497 e. The van der Waals surface area contributed by atoms with E-state index in [0.29, 0.717) is 5.69 Å². The molecule has 1 N–H and O–H groups in total. The predicted molar refractivity (Wildman–Crippen MR) is 94.4 cm³/mol. The number of fused-ring (bicyclic) bond motifs is 1. The third-order valence-electron chi connectivity index (χ3n) is 4.10. The Kier molecular flexibility index (Phi) is 4.51. The number of methoxy groups -OCH3 is 1. The van der Waals surface area contributed by atoms with Crippen molar-refractivity contribution in [2.24, 2.45) is 0 Å². The lowest BCUT2D eigenvalue weighted by Crippen LogP contribution is -2.32. The molecule has 3 rings (SSSR count). The van der Waals surface area contributed by atoms with Crippen molar-refractivity contribution in [2.75, 3.05) is 7.11 Å². The second kappa shape index (κ2) is 6.74. The number of carbonyl (C=O) groups is 1. The molecule has 24 heavy (non-hydrogen) atoms. The van der Waals surface area contributed by atoms with Gasteiger partial charge in [-0.1, -0.05) is 13.0 Å². The first-order valence-electron chi connectivity index (χ1n) is 8.06. The number of amides is 1. The summed E-state index contributed by atoms with van der Waals surface area (Å²) in [5.74, 6) is 0.622. The number of pyridine rings is 1. The Bertz CT molecular complexity index is 853. The minimum absolute atomic E-state index is 0.103. The van der Waals surface area contributed by atoms with Crippen LogP contribution in [0.3, 0.4) is 0 Å². The summed E-state index contributed by atoms with van der Waals surface area (Å²) in [6, 6.07) is 13.5. The summed E-state index contributed by atoms with van der Waals surface area (Å²) in [5, 5.41) is 3.00. The highest BCUT2D eigenvalue weighted by molar-refractivity contribution is 5.99. The third kappa shape index (κ3) is 2.97. The average molecular weight is 323 g/mol. The third-order valence-corrected chi connectivity index (χ3v) is 4.10. The lowest BCUT2D eigenvalue weighted by Gasteiger charge is -2.11. The van der Waals surface area contributed by atoms with Crippen LogP contribution in [0.15, 0.2) is 48.7 Å². The average Bonchev–Trinajstić information content (AvgIpc) is 3.01. The molecular formula is C19H21N3O2. The number of nitrogens with one attached hydrogen (secondary N) is 1. The van der Waals surface area contributed by atoms with Crippen LogP contribution in [0, 0.1) is 0 Å². The van der Waals surface area contributed by atoms with Gasteiger partial charge in [0.05, 0.1) is 12.8 Å². The normalized spacial score (nSPS) is 12.1. The molecule has 5 nitrogen and oxygen atoms in total. The van der Waals surface area contributed by atoms with E-state index in [1.165, 1.54) is 0 Å². The van der Waals surface area contributed by atoms with E-state index in [1.54, 1.807) is 7.11 Å². The summed E-state index contributed by atoms with van der Waals surface area (Å²) in [4.78, 5) is 17.2. The van der Waals surface area contributed by atoms with Crippen LogP contribution in [-0.2, 0) is 0 Å². The van der Waals surface area contributed by atoms with Gasteiger partial charge in [-0.05, 0) is 49.7 Å². The fourth-order valence-electron chi connectivity index (χ4n) is 2.57. The molecule has 2 heterocycles. The number of imidazole rings is 1. The molecule has 0 aliphatic rings. The van der Waals surface area contributed by atoms with Crippen LogP contribution in [0.5, 0.6) is 5.75 Å². The number of carbonyl (C=O) groups excluding carboxylic acids is 1. The zero-order valence-corrected chi connectivity index (χ0v) is 14.1. The van der Waals surface area contributed by atoms with Gasteiger partial charge in [0.15, 0.2) is 5.69 Å². The van der Waals surface area contributed by atoms with Crippen molar-refractivity contribution in [2.45, 2.75) is 26.3 Å². The van der Waals surface area contributed by atoms with Crippen molar-refractivity contribution in [1.82, 2.24) is 14.7 Å². The number of hydrogen-bond donors (Lipinski definition) is 1. The van der Waals surface area contributed by atoms with Gasteiger partial charge in [-0.2, -0.15) is 0 Å². The maximum Gasteiger partial charge on any atom is 0.272 e. The van der Waals surface area contributed by atoms with Crippen LogP contribution in [-0.4, -0.2) is 28.4 Å². The molecule has 0 radical (unpaired) electrons. The molecule has 0 spiro atoms. The molecule has 2 aromatic heterocycles. The van der Waals surface area contributed by atoms with Gasteiger partial charge < -0.3 is 10.1 Å². The molecule has 5 heteroatoms. The molecule has 0 saturated carbocycles. The van der Waals surface area contributed by atoms with E-state index >= 15 is 0 Å². The van der Waals surface area contributed by atoms with Gasteiger partial charge >= 0.3 is 0 Å². The van der Waals surface area contributed by atoms with Gasteiger partial charge in [0.25, 0.3) is 5.91 Å². The number of benzene rings is 1. The highest BCUT2D eigenvalue weighted by atomic mass is 16.5. The number of aromatic nitrogens is 2. The smallest absolute Gasteiger partial charge is 0.272 e. The van der Waals surface area contributed by atoms with Crippen LogP contribution in [0.4, 0.5) is 0 Å². The van der Waals surface area contributed by atoms with E-state index in [0.717, 1.165) is 29.1 Å². The molecule has 0 aliphatic heterocycles. The van der Waals surface area contributed by atoms with Gasteiger partial charge in [-0.3, -0.25) is 9.20 Å². The summed E-state index contributed by atoms with van der Waals surface area (Å²) in [6.07, 6.45) is 2.79. The zero-order valence-electron chi connectivity index (χ0n) is 14.1. The Balaban J connectivity index is 2.12. The predicted octanol–water partition coefficient (Wildman–Crippen LogP) is 3.54. The van der Waals surface area contributed by atoms with Crippen LogP contribution >= 0.6 is 0 Å². The number of ether oxygens (including phenoxy) is 1. The van der Waals surface area contributed by atoms with Crippen molar-refractivity contribution in [3.8, 4) is 17.0 Å². The summed E-state index contributed by atoms with van der Waals surface area (Å²) in [7, 11) is 1.63. The molecule has 0 aliphatic carbocycles. The van der Waals surface area contributed by atoms with Gasteiger partial charge in [0.1, 0.15) is 11.4 Å². The van der Waals surface area contributed by atoms with Crippen molar-refractivity contribution < 1.29 is 9.53 Å². The first-order chi connectivity index (χ1) is 11.6. The van der Waals surface area contributed by atoms with E-state index in [2.05, 4.69) is 10.3 Å². The molecule has 0 fully saturated rings. The Morgan fingerprint density at radius 3 is 2.67 bits per heavy atom. The Labute approximate surface area is 141 Å². The van der Waals surface area contributed by atoms with E-state index in [1.807, 2.05) is 66.9 Å². The maximum absolute atomic E-state index is 12.7. The van der Waals surface area contributed by atoms with Crippen LogP contribution in [0.25, 0.3) is 16.9 Å². The molecule has 0 unspecified atom stereocenters. The molecular weight excluding hydrogens is 302 g/mol. The Morgan fingerprint density at radius 1 is 1.25 bits per heavy atom. The summed E-state index contributed by atoms with van der Waals surface area (Å²) >= 11 is 0. The fraction of sp³-hybridized carbons (Fsp3) is 0.263. The monoisotopic (exact) mass is 323 g/mol. The Hall–Kier alpha value is -2.82. The van der Waals surface area contributed by atoms with Crippen LogP contribution in [0.2, 0.25) is 0 Å². The minimum Gasteiger partial charge on any atom is -0.497 e. The Morgan fingerprint density at radius 2 is 2.00 bits per heavy atom. The van der Waals surface area contributed by atoms with Gasteiger partial charge in [-0.25, -0.2) is 4.98 Å². The minimum atomic E-state index is -0.154. The van der Waals surface area contributed by atoms with Crippen molar-refractivity contribution >= 4 is 11.6 Å². The maximum atomic E-state index is 12.7. The van der Waals surface area contributed by atoms with Crippen LogP contribution in [0.1, 0.15) is 30.8 Å². The van der Waals surface area contributed by atoms with E-state index in [4.69, 9.17) is 4.74 Å². The summed E-state index contributed by atoms with van der Waals surface area (Å²) < 4.78 is 7.16. The highest BCUT2D eigenvalue weighted by Crippen LogP contribution is 2.27. The van der Waals surface area contributed by atoms with E-state index in [-0.39, 0.29) is 11.9 Å². The van der Waals surface area contributed by atoms with Crippen molar-refractivity contribution in [3.05, 3.63) is 54.4 Å². The number of hydrogen-bond acceptors (Lipinski definition) is 3. The lowest BCUT2D eigenvalue weighted by atomic mass is 10.1. The van der Waals surface area contributed by atoms with Crippen molar-refractivity contribution in [1.29, 1.82) is 0 Å². The molecule has 3 aromatic rings. The lowest BCUT2D eigenvalue weighted by molar-refractivity contribution is 0.0935. The van der Waals surface area contributed by atoms with Crippen LogP contribution < -0.4 is 10.1 Å². The molecule has 124 valence electrons.